The van der Waals surface area contributed by atoms with Crippen LogP contribution in [0.4, 0.5) is 4.79 Å². The topological polar surface area (TPSA) is 55.4 Å². The first-order valence-corrected chi connectivity index (χ1v) is 6.14. The summed E-state index contributed by atoms with van der Waals surface area (Å²) in [4.78, 5) is 22.0. The predicted octanol–water partition coefficient (Wildman–Crippen LogP) is 2.27. The van der Waals surface area contributed by atoms with Crippen LogP contribution in [0, 0.1) is 5.92 Å². The number of rotatable bonds is 5. The fourth-order valence-electron chi connectivity index (χ4n) is 2.25. The van der Waals surface area contributed by atoms with Crippen molar-refractivity contribution in [2.24, 2.45) is 5.92 Å². The summed E-state index contributed by atoms with van der Waals surface area (Å²) in [5.41, 5.74) is 0. The second-order valence-electron chi connectivity index (χ2n) is 4.35. The Morgan fingerprint density at radius 3 is 2.69 bits per heavy atom. The molecule has 16 heavy (non-hydrogen) atoms. The molecular formula is C12H21NO3. The number of hydrogen-bond acceptors (Lipinski definition) is 3. The highest BCUT2D eigenvalue weighted by Gasteiger charge is 2.20. The van der Waals surface area contributed by atoms with E-state index in [0.717, 1.165) is 12.7 Å². The van der Waals surface area contributed by atoms with Gasteiger partial charge in [0, 0.05) is 0 Å². The summed E-state index contributed by atoms with van der Waals surface area (Å²) in [5.74, 6) is 0.575. The summed E-state index contributed by atoms with van der Waals surface area (Å²) < 4.78 is 4.75. The zero-order valence-corrected chi connectivity index (χ0v) is 9.91. The molecule has 0 aromatic carbocycles. The fraction of sp³-hybridized carbons (Fsp3) is 0.833. The molecule has 0 saturated heterocycles. The first-order chi connectivity index (χ1) is 7.76. The van der Waals surface area contributed by atoms with Crippen LogP contribution in [0.2, 0.25) is 0 Å². The number of hydrogen-bond donors (Lipinski definition) is 1. The standard InChI is InChI=1S/C12H21NO3/c1-2-16-12(15)13-11(9-14)8-10-6-4-3-5-7-10/h9-11H,2-8H2,1H3,(H,13,15)/t11-/m0/s1. The van der Waals surface area contributed by atoms with Gasteiger partial charge in [-0.25, -0.2) is 4.79 Å². The van der Waals surface area contributed by atoms with Gasteiger partial charge in [0.15, 0.2) is 0 Å². The summed E-state index contributed by atoms with van der Waals surface area (Å²) in [6, 6.07) is -0.387. The molecule has 1 amide bonds. The van der Waals surface area contributed by atoms with Gasteiger partial charge in [-0.15, -0.1) is 0 Å². The molecule has 0 radical (unpaired) electrons. The molecule has 0 spiro atoms. The number of carbonyl (C=O) groups is 2. The predicted molar refractivity (Wildman–Crippen MR) is 61.2 cm³/mol. The van der Waals surface area contributed by atoms with Crippen molar-refractivity contribution < 1.29 is 14.3 Å². The van der Waals surface area contributed by atoms with E-state index in [9.17, 15) is 9.59 Å². The Morgan fingerprint density at radius 2 is 2.12 bits per heavy atom. The molecule has 1 rings (SSSR count). The van der Waals surface area contributed by atoms with Crippen molar-refractivity contribution in [3.8, 4) is 0 Å². The second-order valence-corrected chi connectivity index (χ2v) is 4.35. The molecule has 1 atom stereocenters. The van der Waals surface area contributed by atoms with Gasteiger partial charge in [0.1, 0.15) is 6.29 Å². The Bertz CT molecular complexity index is 224. The van der Waals surface area contributed by atoms with Crippen LogP contribution in [-0.2, 0) is 9.53 Å². The molecule has 1 aliphatic rings. The van der Waals surface area contributed by atoms with Crippen LogP contribution in [0.3, 0.4) is 0 Å². The normalized spacial score (nSPS) is 18.8. The van der Waals surface area contributed by atoms with Crippen molar-refractivity contribution in [3.63, 3.8) is 0 Å². The summed E-state index contributed by atoms with van der Waals surface area (Å²) in [6.45, 7) is 2.08. The van der Waals surface area contributed by atoms with E-state index in [1.54, 1.807) is 6.92 Å². The summed E-state index contributed by atoms with van der Waals surface area (Å²) in [7, 11) is 0. The number of carbonyl (C=O) groups excluding carboxylic acids is 2. The van der Waals surface area contributed by atoms with Gasteiger partial charge in [-0.2, -0.15) is 0 Å². The highest BCUT2D eigenvalue weighted by molar-refractivity contribution is 5.72. The third kappa shape index (κ3) is 4.64. The Morgan fingerprint density at radius 1 is 1.44 bits per heavy atom. The molecule has 1 saturated carbocycles. The minimum atomic E-state index is -0.490. The smallest absolute Gasteiger partial charge is 0.407 e. The zero-order chi connectivity index (χ0) is 11.8. The molecule has 0 aromatic heterocycles. The first-order valence-electron chi connectivity index (χ1n) is 6.14. The molecule has 0 unspecified atom stereocenters. The van der Waals surface area contributed by atoms with E-state index in [0.29, 0.717) is 12.5 Å². The van der Waals surface area contributed by atoms with E-state index in [1.807, 2.05) is 0 Å². The highest BCUT2D eigenvalue weighted by atomic mass is 16.5. The molecule has 0 aliphatic heterocycles. The van der Waals surface area contributed by atoms with Crippen LogP contribution in [0.1, 0.15) is 45.4 Å². The molecule has 92 valence electrons. The van der Waals surface area contributed by atoms with E-state index >= 15 is 0 Å². The minimum absolute atomic E-state index is 0.334. The number of ether oxygens (including phenoxy) is 1. The maximum Gasteiger partial charge on any atom is 0.407 e. The van der Waals surface area contributed by atoms with Crippen LogP contribution in [-0.4, -0.2) is 25.0 Å². The van der Waals surface area contributed by atoms with Crippen molar-refractivity contribution in [1.82, 2.24) is 5.32 Å². The number of amides is 1. The van der Waals surface area contributed by atoms with Gasteiger partial charge in [0.05, 0.1) is 12.6 Å². The maximum absolute atomic E-state index is 11.2. The monoisotopic (exact) mass is 227 g/mol. The van der Waals surface area contributed by atoms with E-state index in [4.69, 9.17) is 4.74 Å². The average molecular weight is 227 g/mol. The summed E-state index contributed by atoms with van der Waals surface area (Å²) in [6.07, 6.45) is 7.21. The molecule has 1 aliphatic carbocycles. The Hall–Kier alpha value is -1.06. The lowest BCUT2D eigenvalue weighted by molar-refractivity contribution is -0.109. The van der Waals surface area contributed by atoms with Crippen LogP contribution in [0.15, 0.2) is 0 Å². The molecule has 4 heteroatoms. The largest absolute Gasteiger partial charge is 0.450 e. The molecule has 0 heterocycles. The van der Waals surface area contributed by atoms with Gasteiger partial charge in [-0.05, 0) is 19.3 Å². The van der Waals surface area contributed by atoms with Crippen molar-refractivity contribution in [2.75, 3.05) is 6.61 Å². The Kier molecular flexibility index (Phi) is 5.90. The summed E-state index contributed by atoms with van der Waals surface area (Å²) in [5, 5.41) is 2.59. The lowest BCUT2D eigenvalue weighted by Gasteiger charge is -2.24. The zero-order valence-electron chi connectivity index (χ0n) is 9.91. The van der Waals surface area contributed by atoms with Crippen molar-refractivity contribution in [3.05, 3.63) is 0 Å². The van der Waals surface area contributed by atoms with Gasteiger partial charge >= 0.3 is 6.09 Å². The van der Waals surface area contributed by atoms with Gasteiger partial charge in [0.25, 0.3) is 0 Å². The number of alkyl carbamates (subject to hydrolysis) is 1. The third-order valence-corrected chi connectivity index (χ3v) is 3.05. The Balaban J connectivity index is 2.29. The van der Waals surface area contributed by atoms with Gasteiger partial charge in [-0.3, -0.25) is 0 Å². The SMILES string of the molecule is CCOC(=O)N[C@H](C=O)CC1CCCCC1. The second kappa shape index (κ2) is 7.25. The van der Waals surface area contributed by atoms with Gasteiger partial charge in [0.2, 0.25) is 0 Å². The third-order valence-electron chi connectivity index (χ3n) is 3.05. The van der Waals surface area contributed by atoms with Crippen molar-refractivity contribution in [2.45, 2.75) is 51.5 Å². The van der Waals surface area contributed by atoms with Crippen LogP contribution < -0.4 is 5.32 Å². The molecule has 4 nitrogen and oxygen atoms in total. The maximum atomic E-state index is 11.2. The fourth-order valence-corrected chi connectivity index (χ4v) is 2.25. The molecule has 0 bridgehead atoms. The van der Waals surface area contributed by atoms with Crippen LogP contribution in [0.25, 0.3) is 0 Å². The van der Waals surface area contributed by atoms with Gasteiger partial charge in [-0.1, -0.05) is 32.1 Å². The quantitative estimate of drug-likeness (QED) is 0.733. The van der Waals surface area contributed by atoms with Gasteiger partial charge < -0.3 is 14.8 Å². The minimum Gasteiger partial charge on any atom is -0.450 e. The lowest BCUT2D eigenvalue weighted by atomic mass is 9.85. The number of nitrogens with one attached hydrogen (secondary N) is 1. The molecule has 1 fully saturated rings. The summed E-state index contributed by atoms with van der Waals surface area (Å²) >= 11 is 0. The van der Waals surface area contributed by atoms with E-state index in [2.05, 4.69) is 5.32 Å². The molecule has 0 aromatic rings. The molecule has 1 N–H and O–H groups in total. The molecular weight excluding hydrogens is 206 g/mol. The Labute approximate surface area is 96.7 Å². The van der Waals surface area contributed by atoms with E-state index in [1.165, 1.54) is 32.1 Å². The first kappa shape index (κ1) is 13.0. The van der Waals surface area contributed by atoms with Crippen LogP contribution in [0.5, 0.6) is 0 Å². The average Bonchev–Trinajstić information content (AvgIpc) is 2.30. The van der Waals surface area contributed by atoms with E-state index < -0.39 is 6.09 Å². The number of aldehydes is 1. The van der Waals surface area contributed by atoms with Crippen molar-refractivity contribution in [1.29, 1.82) is 0 Å². The lowest BCUT2D eigenvalue weighted by Crippen LogP contribution is -2.38. The highest BCUT2D eigenvalue weighted by Crippen LogP contribution is 2.26. The van der Waals surface area contributed by atoms with Crippen LogP contribution >= 0.6 is 0 Å². The van der Waals surface area contributed by atoms with Crippen molar-refractivity contribution >= 4 is 12.4 Å². The van der Waals surface area contributed by atoms with E-state index in [-0.39, 0.29) is 6.04 Å².